The van der Waals surface area contributed by atoms with Crippen LogP contribution < -0.4 is 4.74 Å². The highest BCUT2D eigenvalue weighted by Gasteiger charge is 2.17. The van der Waals surface area contributed by atoms with Crippen LogP contribution in [0.1, 0.15) is 21.7 Å². The summed E-state index contributed by atoms with van der Waals surface area (Å²) in [7, 11) is 1.65. The highest BCUT2D eigenvalue weighted by atomic mass is 19.3. The van der Waals surface area contributed by atoms with Gasteiger partial charge in [-0.1, -0.05) is 12.1 Å². The number of halogens is 2. The Morgan fingerprint density at radius 1 is 1.29 bits per heavy atom. The standard InChI is InChI=1S/C15H15F2NO3/c1-10-7-8-20-13(10)14(19)18(2)9-11-3-5-12(6-4-11)21-15(16)17/h3-8,15H,9H2,1-2H3. The van der Waals surface area contributed by atoms with Crippen LogP contribution in [0.2, 0.25) is 0 Å². The summed E-state index contributed by atoms with van der Waals surface area (Å²) < 4.78 is 33.5. The third-order valence-electron chi connectivity index (χ3n) is 2.97. The Bertz CT molecular complexity index is 608. The molecule has 0 fully saturated rings. The molecule has 1 aromatic heterocycles. The average molecular weight is 295 g/mol. The highest BCUT2D eigenvalue weighted by molar-refractivity contribution is 5.92. The number of ether oxygens (including phenoxy) is 1. The van der Waals surface area contributed by atoms with Crippen molar-refractivity contribution < 1.29 is 22.7 Å². The molecular weight excluding hydrogens is 280 g/mol. The number of nitrogens with zero attached hydrogens (tertiary/aromatic N) is 1. The lowest BCUT2D eigenvalue weighted by molar-refractivity contribution is -0.0498. The number of furan rings is 1. The van der Waals surface area contributed by atoms with Gasteiger partial charge in [-0.05, 0) is 30.7 Å². The molecule has 0 aliphatic heterocycles. The largest absolute Gasteiger partial charge is 0.459 e. The first-order valence-corrected chi connectivity index (χ1v) is 6.30. The van der Waals surface area contributed by atoms with Gasteiger partial charge in [0.2, 0.25) is 0 Å². The van der Waals surface area contributed by atoms with Crippen molar-refractivity contribution >= 4 is 5.91 Å². The second-order valence-electron chi connectivity index (χ2n) is 4.62. The van der Waals surface area contributed by atoms with Gasteiger partial charge in [0.25, 0.3) is 5.91 Å². The zero-order valence-electron chi connectivity index (χ0n) is 11.7. The van der Waals surface area contributed by atoms with E-state index in [1.54, 1.807) is 32.2 Å². The fourth-order valence-corrected chi connectivity index (χ4v) is 1.89. The zero-order valence-corrected chi connectivity index (χ0v) is 11.7. The van der Waals surface area contributed by atoms with Crippen LogP contribution >= 0.6 is 0 Å². The predicted octanol–water partition coefficient (Wildman–Crippen LogP) is 3.46. The zero-order chi connectivity index (χ0) is 15.4. The van der Waals surface area contributed by atoms with Crippen LogP contribution in [0.5, 0.6) is 5.75 Å². The molecular formula is C15H15F2NO3. The number of hydrogen-bond acceptors (Lipinski definition) is 3. The van der Waals surface area contributed by atoms with Crippen molar-refractivity contribution in [2.75, 3.05) is 7.05 Å². The van der Waals surface area contributed by atoms with Crippen LogP contribution in [-0.4, -0.2) is 24.5 Å². The molecule has 1 heterocycles. The lowest BCUT2D eigenvalue weighted by atomic mass is 10.2. The van der Waals surface area contributed by atoms with Gasteiger partial charge >= 0.3 is 6.61 Å². The molecule has 0 atom stereocenters. The second-order valence-corrected chi connectivity index (χ2v) is 4.62. The third kappa shape index (κ3) is 3.81. The second kappa shape index (κ2) is 6.39. The maximum Gasteiger partial charge on any atom is 0.387 e. The van der Waals surface area contributed by atoms with E-state index in [1.807, 2.05) is 0 Å². The van der Waals surface area contributed by atoms with Gasteiger partial charge in [-0.3, -0.25) is 4.79 Å². The average Bonchev–Trinajstić information content (AvgIpc) is 2.85. The SMILES string of the molecule is Cc1ccoc1C(=O)N(C)Cc1ccc(OC(F)F)cc1. The lowest BCUT2D eigenvalue weighted by Gasteiger charge is -2.16. The Balaban J connectivity index is 2.01. The first-order chi connectivity index (χ1) is 9.97. The Kier molecular flexibility index (Phi) is 4.57. The van der Waals surface area contributed by atoms with Crippen LogP contribution in [0.15, 0.2) is 41.0 Å². The van der Waals surface area contributed by atoms with Crippen molar-refractivity contribution in [1.29, 1.82) is 0 Å². The number of hydrogen-bond donors (Lipinski definition) is 0. The topological polar surface area (TPSA) is 42.7 Å². The summed E-state index contributed by atoms with van der Waals surface area (Å²) in [4.78, 5) is 13.6. The fraction of sp³-hybridized carbons (Fsp3) is 0.267. The van der Waals surface area contributed by atoms with Gasteiger partial charge in [0.05, 0.1) is 6.26 Å². The molecule has 112 valence electrons. The minimum atomic E-state index is -2.85. The van der Waals surface area contributed by atoms with Crippen molar-refractivity contribution in [2.45, 2.75) is 20.1 Å². The Hall–Kier alpha value is -2.37. The number of carbonyl (C=O) groups excluding carboxylic acids is 1. The van der Waals surface area contributed by atoms with Crippen LogP contribution in [0.25, 0.3) is 0 Å². The molecule has 6 heteroatoms. The van der Waals surface area contributed by atoms with Gasteiger partial charge in [0, 0.05) is 19.2 Å². The molecule has 0 N–H and O–H groups in total. The minimum Gasteiger partial charge on any atom is -0.459 e. The van der Waals surface area contributed by atoms with Crippen molar-refractivity contribution in [1.82, 2.24) is 4.90 Å². The van der Waals surface area contributed by atoms with Crippen LogP contribution in [0.3, 0.4) is 0 Å². The van der Waals surface area contributed by atoms with E-state index in [2.05, 4.69) is 4.74 Å². The number of carbonyl (C=O) groups is 1. The summed E-state index contributed by atoms with van der Waals surface area (Å²) in [5.41, 5.74) is 1.57. The minimum absolute atomic E-state index is 0.0876. The van der Waals surface area contributed by atoms with Gasteiger partial charge in [0.1, 0.15) is 5.75 Å². The Labute approximate surface area is 120 Å². The molecule has 1 aromatic carbocycles. The Morgan fingerprint density at radius 3 is 2.48 bits per heavy atom. The van der Waals surface area contributed by atoms with Gasteiger partial charge in [-0.2, -0.15) is 8.78 Å². The first-order valence-electron chi connectivity index (χ1n) is 6.30. The van der Waals surface area contributed by atoms with Gasteiger partial charge < -0.3 is 14.1 Å². The number of amides is 1. The summed E-state index contributed by atoms with van der Waals surface area (Å²) >= 11 is 0. The van der Waals surface area contributed by atoms with E-state index in [-0.39, 0.29) is 11.7 Å². The molecule has 2 aromatic rings. The predicted molar refractivity (Wildman–Crippen MR) is 72.3 cm³/mol. The normalized spacial score (nSPS) is 10.7. The summed E-state index contributed by atoms with van der Waals surface area (Å²) in [5.74, 6) is 0.158. The van der Waals surface area contributed by atoms with Gasteiger partial charge in [-0.15, -0.1) is 0 Å². The van der Waals surface area contributed by atoms with Crippen molar-refractivity contribution in [3.8, 4) is 5.75 Å². The quantitative estimate of drug-likeness (QED) is 0.848. The van der Waals surface area contributed by atoms with Gasteiger partial charge in [-0.25, -0.2) is 0 Å². The molecule has 2 rings (SSSR count). The first kappa shape index (κ1) is 15.0. The fourth-order valence-electron chi connectivity index (χ4n) is 1.89. The maximum absolute atomic E-state index is 12.2. The highest BCUT2D eigenvalue weighted by Crippen LogP contribution is 2.17. The molecule has 0 aliphatic carbocycles. The molecule has 0 bridgehead atoms. The summed E-state index contributed by atoms with van der Waals surface area (Å²) in [6.45, 7) is -0.711. The van der Waals surface area contributed by atoms with Crippen molar-refractivity contribution in [3.05, 3.63) is 53.5 Å². The van der Waals surface area contributed by atoms with Crippen LogP contribution in [0.4, 0.5) is 8.78 Å². The lowest BCUT2D eigenvalue weighted by Crippen LogP contribution is -2.26. The van der Waals surface area contributed by atoms with E-state index in [4.69, 9.17) is 4.42 Å². The van der Waals surface area contributed by atoms with Crippen molar-refractivity contribution in [2.24, 2.45) is 0 Å². The Morgan fingerprint density at radius 2 is 1.95 bits per heavy atom. The smallest absolute Gasteiger partial charge is 0.387 e. The number of alkyl halides is 2. The van der Waals surface area contributed by atoms with E-state index in [9.17, 15) is 13.6 Å². The van der Waals surface area contributed by atoms with Crippen LogP contribution in [0, 0.1) is 6.92 Å². The van der Waals surface area contributed by atoms with E-state index in [1.165, 1.54) is 23.3 Å². The van der Waals surface area contributed by atoms with E-state index in [0.717, 1.165) is 11.1 Å². The molecule has 0 aliphatic rings. The van der Waals surface area contributed by atoms with Gasteiger partial charge in [0.15, 0.2) is 5.76 Å². The molecule has 4 nitrogen and oxygen atoms in total. The molecule has 0 radical (unpaired) electrons. The monoisotopic (exact) mass is 295 g/mol. The third-order valence-corrected chi connectivity index (χ3v) is 2.97. The summed E-state index contributed by atoms with van der Waals surface area (Å²) in [6, 6.07) is 7.88. The summed E-state index contributed by atoms with van der Waals surface area (Å²) in [6.07, 6.45) is 1.47. The van der Waals surface area contributed by atoms with Crippen LogP contribution in [-0.2, 0) is 6.54 Å². The number of benzene rings is 1. The molecule has 0 saturated heterocycles. The van der Waals surface area contributed by atoms with E-state index < -0.39 is 6.61 Å². The number of aryl methyl sites for hydroxylation is 1. The van der Waals surface area contributed by atoms with Crippen molar-refractivity contribution in [3.63, 3.8) is 0 Å². The summed E-state index contributed by atoms with van der Waals surface area (Å²) in [5, 5.41) is 0. The maximum atomic E-state index is 12.2. The molecule has 1 amide bonds. The molecule has 0 saturated carbocycles. The molecule has 0 unspecified atom stereocenters. The van der Waals surface area contributed by atoms with E-state index >= 15 is 0 Å². The van der Waals surface area contributed by atoms with E-state index in [0.29, 0.717) is 12.3 Å². The number of rotatable bonds is 5. The molecule has 21 heavy (non-hydrogen) atoms. The molecule has 0 spiro atoms.